The van der Waals surface area contributed by atoms with E-state index >= 15 is 0 Å². The normalized spacial score (nSPS) is 25.8. The lowest BCUT2D eigenvalue weighted by Gasteiger charge is -2.18. The van der Waals surface area contributed by atoms with Crippen molar-refractivity contribution in [2.45, 2.75) is 38.3 Å². The maximum Gasteiger partial charge on any atom is 0.236 e. The second kappa shape index (κ2) is 7.95. The van der Waals surface area contributed by atoms with E-state index in [0.717, 1.165) is 31.6 Å². The molecule has 5 heteroatoms. The van der Waals surface area contributed by atoms with Crippen LogP contribution in [0.1, 0.15) is 26.2 Å². The SMILES string of the molecule is CCC1OCCC1CNC(=O)[C@@H](N)CCSC. The van der Waals surface area contributed by atoms with Crippen molar-refractivity contribution in [3.8, 4) is 0 Å². The van der Waals surface area contributed by atoms with Crippen molar-refractivity contribution in [3.63, 3.8) is 0 Å². The first-order chi connectivity index (χ1) is 8.19. The number of carbonyl (C=O) groups excluding carboxylic acids is 1. The molecule has 1 aliphatic rings. The highest BCUT2D eigenvalue weighted by Crippen LogP contribution is 2.22. The van der Waals surface area contributed by atoms with E-state index in [9.17, 15) is 4.79 Å². The Hall–Kier alpha value is -0.260. The maximum atomic E-state index is 11.7. The molecular formula is C12H24N2O2S. The van der Waals surface area contributed by atoms with E-state index in [-0.39, 0.29) is 11.9 Å². The molecule has 0 aliphatic carbocycles. The molecule has 1 heterocycles. The average molecular weight is 260 g/mol. The number of nitrogens with one attached hydrogen (secondary N) is 1. The number of amides is 1. The Bertz CT molecular complexity index is 239. The Balaban J connectivity index is 2.22. The van der Waals surface area contributed by atoms with Crippen LogP contribution in [0.2, 0.25) is 0 Å². The second-order valence-corrected chi connectivity index (χ2v) is 5.48. The van der Waals surface area contributed by atoms with Gasteiger partial charge in [-0.3, -0.25) is 4.79 Å². The first-order valence-corrected chi connectivity index (χ1v) is 7.72. The molecule has 0 saturated carbocycles. The van der Waals surface area contributed by atoms with E-state index in [1.807, 2.05) is 6.26 Å². The zero-order chi connectivity index (χ0) is 12.7. The molecule has 1 saturated heterocycles. The van der Waals surface area contributed by atoms with E-state index in [1.165, 1.54) is 0 Å². The summed E-state index contributed by atoms with van der Waals surface area (Å²) in [5, 5.41) is 2.94. The van der Waals surface area contributed by atoms with Gasteiger partial charge in [0.05, 0.1) is 12.1 Å². The van der Waals surface area contributed by atoms with Gasteiger partial charge in [-0.1, -0.05) is 6.92 Å². The van der Waals surface area contributed by atoms with Crippen molar-refractivity contribution in [2.24, 2.45) is 11.7 Å². The third kappa shape index (κ3) is 4.85. The topological polar surface area (TPSA) is 64.3 Å². The number of nitrogens with two attached hydrogens (primary N) is 1. The van der Waals surface area contributed by atoms with Crippen LogP contribution in [-0.4, -0.2) is 43.2 Å². The van der Waals surface area contributed by atoms with Crippen molar-refractivity contribution in [3.05, 3.63) is 0 Å². The van der Waals surface area contributed by atoms with Gasteiger partial charge in [0.2, 0.25) is 5.91 Å². The highest BCUT2D eigenvalue weighted by molar-refractivity contribution is 7.98. The quantitative estimate of drug-likeness (QED) is 0.717. The fourth-order valence-electron chi connectivity index (χ4n) is 2.12. The molecule has 3 N–H and O–H groups in total. The molecular weight excluding hydrogens is 236 g/mol. The number of ether oxygens (including phenoxy) is 1. The minimum absolute atomic E-state index is 0.0270. The molecule has 17 heavy (non-hydrogen) atoms. The highest BCUT2D eigenvalue weighted by Gasteiger charge is 2.27. The molecule has 1 fully saturated rings. The van der Waals surface area contributed by atoms with Gasteiger partial charge in [0.25, 0.3) is 0 Å². The van der Waals surface area contributed by atoms with Crippen LogP contribution in [0, 0.1) is 5.92 Å². The molecule has 0 spiro atoms. The van der Waals surface area contributed by atoms with Crippen LogP contribution in [0.25, 0.3) is 0 Å². The Morgan fingerprint density at radius 3 is 3.06 bits per heavy atom. The molecule has 0 bridgehead atoms. The number of carbonyl (C=O) groups is 1. The number of thioether (sulfide) groups is 1. The minimum Gasteiger partial charge on any atom is -0.378 e. The molecule has 2 unspecified atom stereocenters. The van der Waals surface area contributed by atoms with Crippen molar-refractivity contribution in [1.82, 2.24) is 5.32 Å². The molecule has 1 aliphatic heterocycles. The van der Waals surface area contributed by atoms with Crippen LogP contribution in [0.4, 0.5) is 0 Å². The minimum atomic E-state index is -0.371. The number of hydrogen-bond acceptors (Lipinski definition) is 4. The van der Waals surface area contributed by atoms with Crippen LogP contribution in [0.5, 0.6) is 0 Å². The number of hydrogen-bond donors (Lipinski definition) is 2. The molecule has 3 atom stereocenters. The number of rotatable bonds is 7. The molecule has 0 aromatic heterocycles. The third-order valence-electron chi connectivity index (χ3n) is 3.26. The summed E-state index contributed by atoms with van der Waals surface area (Å²) in [4.78, 5) is 11.7. The van der Waals surface area contributed by atoms with Gasteiger partial charge in [0.15, 0.2) is 0 Å². The second-order valence-electron chi connectivity index (χ2n) is 4.50. The third-order valence-corrected chi connectivity index (χ3v) is 3.90. The molecule has 4 nitrogen and oxygen atoms in total. The summed E-state index contributed by atoms with van der Waals surface area (Å²) in [6.07, 6.45) is 5.12. The predicted molar refractivity (Wildman–Crippen MR) is 72.1 cm³/mol. The largest absolute Gasteiger partial charge is 0.378 e. The van der Waals surface area contributed by atoms with Gasteiger partial charge in [-0.25, -0.2) is 0 Å². The molecule has 0 aromatic rings. The van der Waals surface area contributed by atoms with Crippen LogP contribution >= 0.6 is 11.8 Å². The van der Waals surface area contributed by atoms with E-state index in [1.54, 1.807) is 11.8 Å². The predicted octanol–water partition coefficient (Wildman–Crippen LogP) is 0.998. The lowest BCUT2D eigenvalue weighted by molar-refractivity contribution is -0.122. The highest BCUT2D eigenvalue weighted by atomic mass is 32.2. The zero-order valence-corrected chi connectivity index (χ0v) is 11.6. The lowest BCUT2D eigenvalue weighted by atomic mass is 9.99. The van der Waals surface area contributed by atoms with Crippen LogP contribution in [0.3, 0.4) is 0 Å². The lowest BCUT2D eigenvalue weighted by Crippen LogP contribution is -2.43. The van der Waals surface area contributed by atoms with Gasteiger partial charge >= 0.3 is 0 Å². The summed E-state index contributed by atoms with van der Waals surface area (Å²) in [6.45, 7) is 3.64. The van der Waals surface area contributed by atoms with Gasteiger partial charge in [0, 0.05) is 19.1 Å². The van der Waals surface area contributed by atoms with E-state index < -0.39 is 0 Å². The molecule has 1 rings (SSSR count). The van der Waals surface area contributed by atoms with Gasteiger partial charge in [0.1, 0.15) is 0 Å². The van der Waals surface area contributed by atoms with Crippen molar-refractivity contribution < 1.29 is 9.53 Å². The monoisotopic (exact) mass is 260 g/mol. The molecule has 1 amide bonds. The molecule has 100 valence electrons. The van der Waals surface area contributed by atoms with Crippen LogP contribution in [-0.2, 0) is 9.53 Å². The van der Waals surface area contributed by atoms with Gasteiger partial charge in [-0.2, -0.15) is 11.8 Å². The van der Waals surface area contributed by atoms with E-state index in [2.05, 4.69) is 12.2 Å². The van der Waals surface area contributed by atoms with Gasteiger partial charge in [-0.15, -0.1) is 0 Å². The van der Waals surface area contributed by atoms with Crippen LogP contribution in [0.15, 0.2) is 0 Å². The summed E-state index contributed by atoms with van der Waals surface area (Å²) in [5.41, 5.74) is 5.80. The smallest absolute Gasteiger partial charge is 0.236 e. The Morgan fingerprint density at radius 2 is 2.41 bits per heavy atom. The summed E-state index contributed by atoms with van der Waals surface area (Å²) < 4.78 is 5.59. The zero-order valence-electron chi connectivity index (χ0n) is 10.8. The Labute approximate surface area is 108 Å². The van der Waals surface area contributed by atoms with Gasteiger partial charge in [-0.05, 0) is 31.3 Å². The van der Waals surface area contributed by atoms with Crippen LogP contribution < -0.4 is 11.1 Å². The summed E-state index contributed by atoms with van der Waals surface area (Å²) in [6, 6.07) is -0.371. The summed E-state index contributed by atoms with van der Waals surface area (Å²) in [5.74, 6) is 1.36. The van der Waals surface area contributed by atoms with E-state index in [4.69, 9.17) is 10.5 Å². The fourth-order valence-corrected chi connectivity index (χ4v) is 2.61. The van der Waals surface area contributed by atoms with Gasteiger partial charge < -0.3 is 15.8 Å². The van der Waals surface area contributed by atoms with Crippen molar-refractivity contribution in [1.29, 1.82) is 0 Å². The molecule has 0 radical (unpaired) electrons. The Morgan fingerprint density at radius 1 is 1.65 bits per heavy atom. The van der Waals surface area contributed by atoms with Crippen molar-refractivity contribution >= 4 is 17.7 Å². The standard InChI is InChI=1S/C12H24N2O2S/c1-3-11-9(4-6-16-11)8-14-12(15)10(13)5-7-17-2/h9-11H,3-8,13H2,1-2H3,(H,14,15)/t9?,10-,11?/m0/s1. The average Bonchev–Trinajstić information content (AvgIpc) is 2.80. The maximum absolute atomic E-state index is 11.7. The fraction of sp³-hybridized carbons (Fsp3) is 0.917. The summed E-state index contributed by atoms with van der Waals surface area (Å²) in [7, 11) is 0. The summed E-state index contributed by atoms with van der Waals surface area (Å²) >= 11 is 1.71. The van der Waals surface area contributed by atoms with E-state index in [0.29, 0.717) is 18.6 Å². The first-order valence-electron chi connectivity index (χ1n) is 6.32. The van der Waals surface area contributed by atoms with Crippen molar-refractivity contribution in [2.75, 3.05) is 25.2 Å². The molecule has 0 aromatic carbocycles. The Kier molecular flexibility index (Phi) is 6.92. The first kappa shape index (κ1) is 14.8.